The Morgan fingerprint density at radius 3 is 2.84 bits per heavy atom. The molecule has 1 aromatic carbocycles. The van der Waals surface area contributed by atoms with Crippen LogP contribution in [0.4, 0.5) is 5.69 Å². The summed E-state index contributed by atoms with van der Waals surface area (Å²) < 4.78 is 9.89. The minimum Gasteiger partial charge on any atom is -0.479 e. The second-order valence-electron chi connectivity index (χ2n) is 4.15. The first kappa shape index (κ1) is 13.4. The largest absolute Gasteiger partial charge is 0.479 e. The first-order valence-electron chi connectivity index (χ1n) is 5.90. The van der Waals surface area contributed by atoms with Gasteiger partial charge in [-0.05, 0) is 12.1 Å². The number of methoxy groups -OCH3 is 1. The predicted molar refractivity (Wildman–Crippen MR) is 67.4 cm³/mol. The van der Waals surface area contributed by atoms with Crippen LogP contribution in [0.5, 0.6) is 0 Å². The maximum atomic E-state index is 11.7. The minimum atomic E-state index is -1.000. The highest BCUT2D eigenvalue weighted by Crippen LogP contribution is 2.23. The summed E-state index contributed by atoms with van der Waals surface area (Å²) >= 11 is 0. The van der Waals surface area contributed by atoms with Crippen LogP contribution >= 0.6 is 0 Å². The van der Waals surface area contributed by atoms with Gasteiger partial charge in [-0.3, -0.25) is 0 Å². The van der Waals surface area contributed by atoms with Gasteiger partial charge in [-0.15, -0.1) is 0 Å². The van der Waals surface area contributed by atoms with Gasteiger partial charge in [-0.25, -0.2) is 9.59 Å². The smallest absolute Gasteiger partial charge is 0.339 e. The monoisotopic (exact) mass is 265 g/mol. The van der Waals surface area contributed by atoms with Crippen molar-refractivity contribution in [1.29, 1.82) is 0 Å². The fourth-order valence-electron chi connectivity index (χ4n) is 2.05. The molecule has 1 atom stereocenters. The molecule has 19 heavy (non-hydrogen) atoms. The zero-order valence-corrected chi connectivity index (χ0v) is 10.5. The van der Waals surface area contributed by atoms with Gasteiger partial charge in [0.2, 0.25) is 0 Å². The number of carbonyl (C=O) groups excluding carboxylic acids is 1. The second kappa shape index (κ2) is 5.71. The molecule has 0 bridgehead atoms. The van der Waals surface area contributed by atoms with Crippen molar-refractivity contribution in [1.82, 2.24) is 0 Å². The Kier molecular flexibility index (Phi) is 4.01. The lowest BCUT2D eigenvalue weighted by molar-refractivity contribution is -0.150. The molecule has 1 unspecified atom stereocenters. The van der Waals surface area contributed by atoms with Gasteiger partial charge >= 0.3 is 11.9 Å². The van der Waals surface area contributed by atoms with Crippen LogP contribution in [0.1, 0.15) is 10.4 Å². The average molecular weight is 265 g/mol. The molecule has 0 saturated carbocycles. The Morgan fingerprint density at radius 2 is 2.16 bits per heavy atom. The van der Waals surface area contributed by atoms with Crippen LogP contribution in [0.25, 0.3) is 0 Å². The van der Waals surface area contributed by atoms with Gasteiger partial charge in [0.15, 0.2) is 6.10 Å². The quantitative estimate of drug-likeness (QED) is 0.813. The van der Waals surface area contributed by atoms with E-state index in [4.69, 9.17) is 14.6 Å². The summed E-state index contributed by atoms with van der Waals surface area (Å²) in [7, 11) is 1.32. The fourth-order valence-corrected chi connectivity index (χ4v) is 2.05. The van der Waals surface area contributed by atoms with Crippen molar-refractivity contribution in [3.05, 3.63) is 29.8 Å². The molecule has 1 aromatic rings. The fraction of sp³-hybridized carbons (Fsp3) is 0.385. The maximum Gasteiger partial charge on any atom is 0.339 e. The van der Waals surface area contributed by atoms with Crippen molar-refractivity contribution in [2.24, 2.45) is 0 Å². The molecule has 1 saturated heterocycles. The summed E-state index contributed by atoms with van der Waals surface area (Å²) in [4.78, 5) is 24.5. The van der Waals surface area contributed by atoms with E-state index in [1.54, 1.807) is 24.3 Å². The number of hydrogen-bond donors (Lipinski definition) is 1. The molecule has 102 valence electrons. The normalized spacial score (nSPS) is 19.0. The van der Waals surface area contributed by atoms with E-state index in [1.165, 1.54) is 7.11 Å². The molecule has 1 aliphatic rings. The molecule has 0 aromatic heterocycles. The number of nitrogens with zero attached hydrogens (tertiary/aromatic N) is 1. The Balaban J connectivity index is 2.26. The number of carboxylic acids is 1. The molecule has 1 heterocycles. The van der Waals surface area contributed by atoms with Crippen LogP contribution in [-0.4, -0.2) is 50.0 Å². The van der Waals surface area contributed by atoms with Crippen molar-refractivity contribution >= 4 is 17.6 Å². The highest BCUT2D eigenvalue weighted by atomic mass is 16.5. The Labute approximate surface area is 110 Å². The zero-order valence-electron chi connectivity index (χ0n) is 10.5. The lowest BCUT2D eigenvalue weighted by Crippen LogP contribution is -2.46. The van der Waals surface area contributed by atoms with Crippen molar-refractivity contribution < 1.29 is 24.2 Å². The minimum absolute atomic E-state index is 0.212. The van der Waals surface area contributed by atoms with Crippen LogP contribution < -0.4 is 4.90 Å². The van der Waals surface area contributed by atoms with E-state index in [1.807, 2.05) is 4.90 Å². The van der Waals surface area contributed by atoms with Crippen molar-refractivity contribution in [3.63, 3.8) is 0 Å². The van der Waals surface area contributed by atoms with Gasteiger partial charge in [-0.2, -0.15) is 0 Å². The maximum absolute atomic E-state index is 11.7. The SMILES string of the molecule is COC(=O)c1ccccc1N1CCOC(C(=O)O)C1. The zero-order chi connectivity index (χ0) is 13.8. The van der Waals surface area contributed by atoms with Gasteiger partial charge in [0, 0.05) is 6.54 Å². The molecule has 1 fully saturated rings. The number of morpholine rings is 1. The lowest BCUT2D eigenvalue weighted by atomic mass is 10.1. The van der Waals surface area contributed by atoms with Crippen molar-refractivity contribution in [2.75, 3.05) is 31.7 Å². The molecular formula is C13H15NO5. The van der Waals surface area contributed by atoms with Crippen LogP contribution in [0, 0.1) is 0 Å². The summed E-state index contributed by atoms with van der Waals surface area (Å²) in [5.74, 6) is -1.44. The van der Waals surface area contributed by atoms with E-state index < -0.39 is 18.0 Å². The molecule has 1 aliphatic heterocycles. The number of ether oxygens (including phenoxy) is 2. The van der Waals surface area contributed by atoms with Gasteiger partial charge in [-0.1, -0.05) is 12.1 Å². The Bertz CT molecular complexity index is 488. The molecular weight excluding hydrogens is 250 g/mol. The first-order chi connectivity index (χ1) is 9.13. The van der Waals surface area contributed by atoms with Crippen LogP contribution in [0.3, 0.4) is 0 Å². The van der Waals surface area contributed by atoms with Gasteiger partial charge < -0.3 is 19.5 Å². The van der Waals surface area contributed by atoms with Crippen LogP contribution in [0.15, 0.2) is 24.3 Å². The van der Waals surface area contributed by atoms with Gasteiger partial charge in [0.25, 0.3) is 0 Å². The van der Waals surface area contributed by atoms with Gasteiger partial charge in [0.1, 0.15) is 0 Å². The predicted octanol–water partition coefficient (Wildman–Crippen LogP) is 0.763. The lowest BCUT2D eigenvalue weighted by Gasteiger charge is -2.33. The molecule has 0 amide bonds. The summed E-state index contributed by atoms with van der Waals surface area (Å²) in [5, 5.41) is 8.98. The summed E-state index contributed by atoms with van der Waals surface area (Å²) in [6.07, 6.45) is -0.876. The molecule has 0 aliphatic carbocycles. The molecule has 0 spiro atoms. The number of esters is 1. The van der Waals surface area contributed by atoms with E-state index in [9.17, 15) is 9.59 Å². The number of hydrogen-bond acceptors (Lipinski definition) is 5. The molecule has 6 nitrogen and oxygen atoms in total. The number of carbonyl (C=O) groups is 2. The topological polar surface area (TPSA) is 76.1 Å². The number of benzene rings is 1. The number of anilines is 1. The van der Waals surface area contributed by atoms with E-state index in [2.05, 4.69) is 0 Å². The summed E-state index contributed by atoms with van der Waals surface area (Å²) in [5.41, 5.74) is 1.10. The van der Waals surface area contributed by atoms with E-state index in [-0.39, 0.29) is 6.54 Å². The van der Waals surface area contributed by atoms with Crippen LogP contribution in [-0.2, 0) is 14.3 Å². The van der Waals surface area contributed by atoms with Gasteiger partial charge in [0.05, 0.1) is 31.5 Å². The van der Waals surface area contributed by atoms with E-state index >= 15 is 0 Å². The third-order valence-corrected chi connectivity index (χ3v) is 2.99. The highest BCUT2D eigenvalue weighted by Gasteiger charge is 2.28. The van der Waals surface area contributed by atoms with Crippen molar-refractivity contribution in [2.45, 2.75) is 6.10 Å². The first-order valence-corrected chi connectivity index (χ1v) is 5.90. The summed E-state index contributed by atoms with van der Waals surface area (Å²) in [6, 6.07) is 6.97. The van der Waals surface area contributed by atoms with Crippen LogP contribution in [0.2, 0.25) is 0 Å². The number of para-hydroxylation sites is 1. The number of rotatable bonds is 3. The Hall–Kier alpha value is -2.08. The number of aliphatic carboxylic acids is 1. The summed E-state index contributed by atoms with van der Waals surface area (Å²) in [6.45, 7) is 1.06. The third-order valence-electron chi connectivity index (χ3n) is 2.99. The highest BCUT2D eigenvalue weighted by molar-refractivity contribution is 5.96. The second-order valence-corrected chi connectivity index (χ2v) is 4.15. The van der Waals surface area contributed by atoms with Crippen molar-refractivity contribution in [3.8, 4) is 0 Å². The average Bonchev–Trinajstić information content (AvgIpc) is 2.46. The molecule has 6 heteroatoms. The molecule has 2 rings (SSSR count). The van der Waals surface area contributed by atoms with E-state index in [0.29, 0.717) is 24.4 Å². The number of carboxylic acid groups (broad SMARTS) is 1. The Morgan fingerprint density at radius 1 is 1.42 bits per heavy atom. The molecule has 0 radical (unpaired) electrons. The third kappa shape index (κ3) is 2.85. The van der Waals surface area contributed by atoms with E-state index in [0.717, 1.165) is 0 Å². The molecule has 1 N–H and O–H groups in total. The standard InChI is InChI=1S/C13H15NO5/c1-18-13(17)9-4-2-3-5-10(9)14-6-7-19-11(8-14)12(15)16/h2-5,11H,6-8H2,1H3,(H,15,16).